The summed E-state index contributed by atoms with van der Waals surface area (Å²) in [6, 6.07) is 8.29. The molecule has 2 aromatic rings. The molecule has 90 valence electrons. The van der Waals surface area contributed by atoms with E-state index in [0.717, 1.165) is 6.54 Å². The number of benzene rings is 1. The number of carbonyl (C=O) groups is 1. The van der Waals surface area contributed by atoms with Gasteiger partial charge in [-0.1, -0.05) is 18.2 Å². The largest absolute Gasteiger partial charge is 0.370 e. The van der Waals surface area contributed by atoms with Crippen molar-refractivity contribution in [2.24, 2.45) is 5.73 Å². The molecule has 1 heterocycles. The number of para-hydroxylation sites is 1. The van der Waals surface area contributed by atoms with E-state index >= 15 is 0 Å². The molecule has 1 amide bonds. The molecule has 4 heteroatoms. The van der Waals surface area contributed by atoms with Gasteiger partial charge in [0, 0.05) is 25.7 Å². The van der Waals surface area contributed by atoms with Gasteiger partial charge >= 0.3 is 0 Å². The maximum atomic E-state index is 10.8. The first-order valence-corrected chi connectivity index (χ1v) is 5.72. The van der Waals surface area contributed by atoms with Crippen LogP contribution in [-0.2, 0) is 17.9 Å². The molecule has 2 rings (SSSR count). The van der Waals surface area contributed by atoms with Crippen LogP contribution in [0.15, 0.2) is 30.5 Å². The maximum Gasteiger partial charge on any atom is 0.219 e. The number of aromatic nitrogens is 1. The van der Waals surface area contributed by atoms with Crippen molar-refractivity contribution in [3.8, 4) is 0 Å². The Hall–Kier alpha value is -1.81. The summed E-state index contributed by atoms with van der Waals surface area (Å²) in [5, 5.41) is 4.35. The Morgan fingerprint density at radius 1 is 1.41 bits per heavy atom. The zero-order valence-electron chi connectivity index (χ0n) is 9.94. The molecule has 0 fully saturated rings. The van der Waals surface area contributed by atoms with Crippen molar-refractivity contribution in [3.63, 3.8) is 0 Å². The van der Waals surface area contributed by atoms with Crippen molar-refractivity contribution in [3.05, 3.63) is 36.0 Å². The van der Waals surface area contributed by atoms with E-state index in [4.69, 9.17) is 5.73 Å². The van der Waals surface area contributed by atoms with Crippen LogP contribution in [-0.4, -0.2) is 17.5 Å². The van der Waals surface area contributed by atoms with Crippen LogP contribution >= 0.6 is 0 Å². The van der Waals surface area contributed by atoms with Gasteiger partial charge in [-0.15, -0.1) is 0 Å². The number of rotatable bonds is 5. The van der Waals surface area contributed by atoms with Gasteiger partial charge in [-0.25, -0.2) is 0 Å². The lowest BCUT2D eigenvalue weighted by Gasteiger charge is -2.08. The standard InChI is InChI=1S/C13H17N3O/c1-15-9-11-4-2-3-10-5-7-16(13(10)11)8-6-12(14)17/h2-5,7,15H,6,8-9H2,1H3,(H2,14,17). The van der Waals surface area contributed by atoms with Crippen molar-refractivity contribution in [2.75, 3.05) is 7.05 Å². The third-order valence-corrected chi connectivity index (χ3v) is 2.84. The van der Waals surface area contributed by atoms with Crippen LogP contribution in [0.4, 0.5) is 0 Å². The first-order chi connectivity index (χ1) is 8.22. The van der Waals surface area contributed by atoms with E-state index in [1.54, 1.807) is 0 Å². The summed E-state index contributed by atoms with van der Waals surface area (Å²) < 4.78 is 2.09. The minimum atomic E-state index is -0.266. The van der Waals surface area contributed by atoms with Crippen LogP contribution in [0, 0.1) is 0 Å². The van der Waals surface area contributed by atoms with Crippen LogP contribution < -0.4 is 11.1 Å². The van der Waals surface area contributed by atoms with Gasteiger partial charge < -0.3 is 15.6 Å². The van der Waals surface area contributed by atoms with Gasteiger partial charge in [0.1, 0.15) is 0 Å². The third-order valence-electron chi connectivity index (χ3n) is 2.84. The monoisotopic (exact) mass is 231 g/mol. The maximum absolute atomic E-state index is 10.8. The Labute approximate surface area is 100 Å². The van der Waals surface area contributed by atoms with Crippen molar-refractivity contribution < 1.29 is 4.79 Å². The number of nitrogens with zero attached hydrogens (tertiary/aromatic N) is 1. The van der Waals surface area contributed by atoms with Crippen LogP contribution in [0.2, 0.25) is 0 Å². The predicted octanol–water partition coefficient (Wildman–Crippen LogP) is 1.24. The quantitative estimate of drug-likeness (QED) is 0.813. The number of amides is 1. The van der Waals surface area contributed by atoms with Crippen LogP contribution in [0.25, 0.3) is 10.9 Å². The number of aryl methyl sites for hydroxylation is 1. The van der Waals surface area contributed by atoms with E-state index in [2.05, 4.69) is 28.1 Å². The van der Waals surface area contributed by atoms with Crippen LogP contribution in [0.1, 0.15) is 12.0 Å². The van der Waals surface area contributed by atoms with E-state index in [1.165, 1.54) is 16.5 Å². The Morgan fingerprint density at radius 3 is 2.94 bits per heavy atom. The molecule has 0 unspecified atom stereocenters. The third kappa shape index (κ3) is 2.47. The second-order valence-corrected chi connectivity index (χ2v) is 4.11. The SMILES string of the molecule is CNCc1cccc2ccn(CCC(N)=O)c12. The predicted molar refractivity (Wildman–Crippen MR) is 68.5 cm³/mol. The van der Waals surface area contributed by atoms with Gasteiger partial charge in [-0.3, -0.25) is 4.79 Å². The Balaban J connectivity index is 2.38. The van der Waals surface area contributed by atoms with Gasteiger partial charge in [0.25, 0.3) is 0 Å². The summed E-state index contributed by atoms with van der Waals surface area (Å²) >= 11 is 0. The fourth-order valence-electron chi connectivity index (χ4n) is 2.09. The van der Waals surface area contributed by atoms with Crippen molar-refractivity contribution >= 4 is 16.8 Å². The molecule has 0 saturated heterocycles. The Bertz CT molecular complexity index is 530. The van der Waals surface area contributed by atoms with Crippen LogP contribution in [0.3, 0.4) is 0 Å². The van der Waals surface area contributed by atoms with Gasteiger partial charge in [0.2, 0.25) is 5.91 Å². The number of nitrogens with two attached hydrogens (primary N) is 1. The summed E-state index contributed by atoms with van der Waals surface area (Å²) in [5.74, 6) is -0.266. The highest BCUT2D eigenvalue weighted by Crippen LogP contribution is 2.20. The molecule has 0 aliphatic rings. The minimum absolute atomic E-state index is 0.266. The fraction of sp³-hybridized carbons (Fsp3) is 0.308. The molecule has 0 aliphatic carbocycles. The molecule has 0 radical (unpaired) electrons. The highest BCUT2D eigenvalue weighted by Gasteiger charge is 2.06. The van der Waals surface area contributed by atoms with E-state index in [1.807, 2.05) is 19.3 Å². The highest BCUT2D eigenvalue weighted by molar-refractivity contribution is 5.83. The topological polar surface area (TPSA) is 60.1 Å². The molecule has 4 nitrogen and oxygen atoms in total. The number of carbonyl (C=O) groups excluding carboxylic acids is 1. The number of fused-ring (bicyclic) bond motifs is 1. The number of nitrogens with one attached hydrogen (secondary N) is 1. The number of primary amides is 1. The molecule has 0 saturated carbocycles. The highest BCUT2D eigenvalue weighted by atomic mass is 16.1. The first kappa shape index (κ1) is 11.7. The molecule has 0 atom stereocenters. The summed E-state index contributed by atoms with van der Waals surface area (Å²) in [5.41, 5.74) is 7.60. The van der Waals surface area contributed by atoms with Gasteiger partial charge in [-0.2, -0.15) is 0 Å². The smallest absolute Gasteiger partial charge is 0.219 e. The van der Waals surface area contributed by atoms with Crippen molar-refractivity contribution in [1.82, 2.24) is 9.88 Å². The normalized spacial score (nSPS) is 10.9. The zero-order valence-corrected chi connectivity index (χ0v) is 9.94. The first-order valence-electron chi connectivity index (χ1n) is 5.72. The molecule has 1 aromatic carbocycles. The van der Waals surface area contributed by atoms with E-state index in [-0.39, 0.29) is 5.91 Å². The molecular weight excluding hydrogens is 214 g/mol. The summed E-state index contributed by atoms with van der Waals surface area (Å²) in [6.45, 7) is 1.46. The van der Waals surface area contributed by atoms with E-state index in [9.17, 15) is 4.79 Å². The molecule has 0 bridgehead atoms. The van der Waals surface area contributed by atoms with Gasteiger partial charge in [-0.05, 0) is 24.1 Å². The molecule has 0 spiro atoms. The summed E-state index contributed by atoms with van der Waals surface area (Å²) in [6.07, 6.45) is 2.38. The lowest BCUT2D eigenvalue weighted by atomic mass is 10.1. The van der Waals surface area contributed by atoms with E-state index in [0.29, 0.717) is 13.0 Å². The second kappa shape index (κ2) is 5.01. The Morgan fingerprint density at radius 2 is 2.24 bits per heavy atom. The number of hydrogen-bond acceptors (Lipinski definition) is 2. The molecule has 17 heavy (non-hydrogen) atoms. The average molecular weight is 231 g/mol. The lowest BCUT2D eigenvalue weighted by Crippen LogP contribution is -2.14. The van der Waals surface area contributed by atoms with Crippen molar-refractivity contribution in [1.29, 1.82) is 0 Å². The molecule has 3 N–H and O–H groups in total. The second-order valence-electron chi connectivity index (χ2n) is 4.11. The molecule has 1 aromatic heterocycles. The van der Waals surface area contributed by atoms with Crippen molar-refractivity contribution in [2.45, 2.75) is 19.5 Å². The van der Waals surface area contributed by atoms with Crippen LogP contribution in [0.5, 0.6) is 0 Å². The minimum Gasteiger partial charge on any atom is -0.370 e. The van der Waals surface area contributed by atoms with Gasteiger partial charge in [0.15, 0.2) is 0 Å². The number of hydrogen-bond donors (Lipinski definition) is 2. The van der Waals surface area contributed by atoms with Gasteiger partial charge in [0.05, 0.1) is 5.52 Å². The summed E-state index contributed by atoms with van der Waals surface area (Å²) in [4.78, 5) is 10.8. The van der Waals surface area contributed by atoms with E-state index < -0.39 is 0 Å². The lowest BCUT2D eigenvalue weighted by molar-refractivity contribution is -0.118. The fourth-order valence-corrected chi connectivity index (χ4v) is 2.09. The Kier molecular flexibility index (Phi) is 3.44. The molecular formula is C13H17N3O. The zero-order chi connectivity index (χ0) is 12.3. The summed E-state index contributed by atoms with van der Waals surface area (Å²) in [7, 11) is 1.93. The average Bonchev–Trinajstić information content (AvgIpc) is 2.71. The molecule has 0 aliphatic heterocycles.